The van der Waals surface area contributed by atoms with E-state index in [0.29, 0.717) is 11.8 Å². The summed E-state index contributed by atoms with van der Waals surface area (Å²) in [6.07, 6.45) is 1.45. The van der Waals surface area contributed by atoms with Crippen molar-refractivity contribution in [3.05, 3.63) is 47.6 Å². The molecule has 8 atom stereocenters. The van der Waals surface area contributed by atoms with Crippen molar-refractivity contribution in [3.8, 4) is 0 Å². The number of fused-ring (bicyclic) bond motifs is 5. The molecule has 200 valence electrons. The molecule has 0 amide bonds. The molecule has 4 aliphatic rings. The van der Waals surface area contributed by atoms with E-state index in [0.717, 1.165) is 12.2 Å². The van der Waals surface area contributed by atoms with Gasteiger partial charge >= 0.3 is 5.97 Å². The van der Waals surface area contributed by atoms with Crippen LogP contribution in [-0.2, 0) is 14.3 Å². The third-order valence-corrected chi connectivity index (χ3v) is 10.5. The average Bonchev–Trinajstić information content (AvgIpc) is 3.45. The highest BCUT2D eigenvalue weighted by Gasteiger charge is 2.76. The highest BCUT2D eigenvalue weighted by molar-refractivity contribution is 8.13. The molecule has 1 aromatic rings. The quantitative estimate of drug-likeness (QED) is 0.481. The van der Waals surface area contributed by atoms with Gasteiger partial charge in [-0.2, -0.15) is 0 Å². The first-order chi connectivity index (χ1) is 17.4. The van der Waals surface area contributed by atoms with Crippen LogP contribution in [0.2, 0.25) is 0 Å². The van der Waals surface area contributed by atoms with Gasteiger partial charge in [-0.1, -0.05) is 13.8 Å². The summed E-state index contributed by atoms with van der Waals surface area (Å²) < 4.78 is 57.5. The Morgan fingerprint density at radius 1 is 1.22 bits per heavy atom. The van der Waals surface area contributed by atoms with Crippen molar-refractivity contribution in [3.63, 3.8) is 0 Å². The van der Waals surface area contributed by atoms with Gasteiger partial charge in [-0.15, -0.1) is 0 Å². The van der Waals surface area contributed by atoms with Crippen molar-refractivity contribution >= 4 is 28.6 Å². The minimum absolute atomic E-state index is 0.0556. The van der Waals surface area contributed by atoms with Crippen molar-refractivity contribution in [2.75, 3.05) is 6.01 Å². The van der Waals surface area contributed by atoms with Crippen LogP contribution >= 0.6 is 11.8 Å². The van der Waals surface area contributed by atoms with E-state index in [4.69, 9.17) is 9.15 Å². The zero-order valence-electron chi connectivity index (χ0n) is 20.8. The molecule has 0 aromatic carbocycles. The predicted octanol–water partition coefficient (Wildman–Crippen LogP) is 5.84. The molecular weight excluding hydrogens is 509 g/mol. The molecule has 4 aliphatic carbocycles. The Balaban J connectivity index is 1.61. The van der Waals surface area contributed by atoms with Crippen LogP contribution in [0, 0.1) is 28.6 Å². The Morgan fingerprint density at radius 3 is 2.59 bits per heavy atom. The summed E-state index contributed by atoms with van der Waals surface area (Å²) in [5.74, 6) is -4.34. The van der Waals surface area contributed by atoms with Crippen LogP contribution in [0.3, 0.4) is 0 Å². The second-order valence-electron chi connectivity index (χ2n) is 11.1. The number of ketones is 1. The fourth-order valence-electron chi connectivity index (χ4n) is 7.96. The van der Waals surface area contributed by atoms with Crippen molar-refractivity contribution in [2.45, 2.75) is 63.9 Å². The first kappa shape index (κ1) is 26.1. The number of ether oxygens (including phenoxy) is 1. The fraction of sp³-hybridized carbons (Fsp3) is 0.593. The number of furan rings is 1. The lowest BCUT2D eigenvalue weighted by Gasteiger charge is -2.61. The average molecular weight is 539 g/mol. The third-order valence-electron chi connectivity index (χ3n) is 9.81. The van der Waals surface area contributed by atoms with E-state index in [1.807, 2.05) is 0 Å². The van der Waals surface area contributed by atoms with Gasteiger partial charge in [-0.05, 0) is 74.1 Å². The third kappa shape index (κ3) is 3.23. The van der Waals surface area contributed by atoms with Gasteiger partial charge < -0.3 is 14.3 Å². The van der Waals surface area contributed by atoms with Crippen LogP contribution in [0.25, 0.3) is 0 Å². The Kier molecular flexibility index (Phi) is 6.01. The molecule has 1 aromatic heterocycles. The summed E-state index contributed by atoms with van der Waals surface area (Å²) in [6.45, 7) is 4.86. The molecule has 3 unspecified atom stereocenters. The highest BCUT2D eigenvalue weighted by atomic mass is 32.2. The standard InChI is InChI=1S/C27H29F3O6S/c1-14-9-16-17-12-19(29)18-10-15(31)11-21(32)25(18,3)26(17,30)7-6-24(16,2)27(14,23(34)37-13-28)36-22(33)20-5-4-8-35-20/h4-5,8,10-11,14,16-17,19,32H,6-7,9,12-13H2,1-3H3/t14?,16-,17-,19?,24-,25+,26+,27?/m0/s1. The normalized spacial score (nSPS) is 42.7. The number of thioether (sulfide) groups is 1. The van der Waals surface area contributed by atoms with Gasteiger partial charge in [0.2, 0.25) is 10.9 Å². The van der Waals surface area contributed by atoms with Crippen molar-refractivity contribution in [1.29, 1.82) is 0 Å². The Hall–Kier alpha value is -2.49. The van der Waals surface area contributed by atoms with E-state index >= 15 is 8.78 Å². The van der Waals surface area contributed by atoms with Crippen molar-refractivity contribution < 1.29 is 41.8 Å². The molecule has 0 aliphatic heterocycles. The van der Waals surface area contributed by atoms with Crippen molar-refractivity contribution in [1.82, 2.24) is 0 Å². The molecule has 0 spiro atoms. The number of halogens is 3. The number of aliphatic hydroxyl groups is 1. The summed E-state index contributed by atoms with van der Waals surface area (Å²) >= 11 is 0.395. The number of carbonyl (C=O) groups is 3. The second kappa shape index (κ2) is 8.51. The van der Waals surface area contributed by atoms with Gasteiger partial charge in [-0.25, -0.2) is 18.0 Å². The number of allylic oxidation sites excluding steroid dienone is 3. The Bertz CT molecular complexity index is 1210. The molecular formula is C27H29F3O6S. The number of carbonyl (C=O) groups excluding carboxylic acids is 3. The minimum Gasteiger partial charge on any atom is -0.511 e. The van der Waals surface area contributed by atoms with Gasteiger partial charge in [0.1, 0.15) is 23.6 Å². The van der Waals surface area contributed by atoms with Gasteiger partial charge in [0.05, 0.1) is 11.7 Å². The maximum Gasteiger partial charge on any atom is 0.375 e. The maximum atomic E-state index is 17.3. The second-order valence-corrected chi connectivity index (χ2v) is 12.0. The molecule has 0 saturated heterocycles. The van der Waals surface area contributed by atoms with E-state index in [1.165, 1.54) is 25.3 Å². The summed E-state index contributed by atoms with van der Waals surface area (Å²) in [5, 5.41) is 10.1. The van der Waals surface area contributed by atoms with E-state index < -0.39 is 74.7 Å². The monoisotopic (exact) mass is 538 g/mol. The lowest BCUT2D eigenvalue weighted by molar-refractivity contribution is -0.184. The number of esters is 1. The minimum atomic E-state index is -2.12. The van der Waals surface area contributed by atoms with Crippen molar-refractivity contribution in [2.24, 2.45) is 28.6 Å². The van der Waals surface area contributed by atoms with Crippen LogP contribution in [0.15, 0.2) is 46.3 Å². The highest BCUT2D eigenvalue weighted by Crippen LogP contribution is 2.72. The molecule has 3 saturated carbocycles. The number of hydrogen-bond acceptors (Lipinski definition) is 7. The Morgan fingerprint density at radius 2 is 1.95 bits per heavy atom. The number of alkyl halides is 3. The van der Waals surface area contributed by atoms with E-state index in [2.05, 4.69) is 0 Å². The smallest absolute Gasteiger partial charge is 0.375 e. The van der Waals surface area contributed by atoms with E-state index in [-0.39, 0.29) is 37.0 Å². The van der Waals surface area contributed by atoms with Crippen LogP contribution < -0.4 is 0 Å². The lowest BCUT2D eigenvalue weighted by atomic mass is 9.45. The summed E-state index contributed by atoms with van der Waals surface area (Å²) in [4.78, 5) is 38.7. The van der Waals surface area contributed by atoms with E-state index in [9.17, 15) is 23.9 Å². The zero-order chi connectivity index (χ0) is 27.0. The molecule has 5 rings (SSSR count). The Labute approximate surface area is 216 Å². The predicted molar refractivity (Wildman–Crippen MR) is 129 cm³/mol. The fourth-order valence-corrected chi connectivity index (χ4v) is 8.75. The first-order valence-corrected chi connectivity index (χ1v) is 13.4. The molecule has 37 heavy (non-hydrogen) atoms. The zero-order valence-corrected chi connectivity index (χ0v) is 21.6. The molecule has 1 N–H and O–H groups in total. The van der Waals surface area contributed by atoms with Gasteiger partial charge in [-0.3, -0.25) is 9.59 Å². The summed E-state index contributed by atoms with van der Waals surface area (Å²) in [7, 11) is 0. The van der Waals surface area contributed by atoms with Crippen LogP contribution in [0.5, 0.6) is 0 Å². The lowest BCUT2D eigenvalue weighted by Crippen LogP contribution is -2.66. The van der Waals surface area contributed by atoms with Crippen LogP contribution in [-0.4, -0.2) is 45.4 Å². The molecule has 0 bridgehead atoms. The summed E-state index contributed by atoms with van der Waals surface area (Å²) in [5.41, 5.74) is -6.89. The number of rotatable bonds is 4. The summed E-state index contributed by atoms with van der Waals surface area (Å²) in [6, 6.07) is 1.85. The molecule has 6 nitrogen and oxygen atoms in total. The van der Waals surface area contributed by atoms with Gasteiger partial charge in [0.15, 0.2) is 11.4 Å². The topological polar surface area (TPSA) is 93.8 Å². The largest absolute Gasteiger partial charge is 0.511 e. The number of aliphatic hydroxyl groups excluding tert-OH is 1. The van der Waals surface area contributed by atoms with Crippen LogP contribution in [0.4, 0.5) is 13.2 Å². The number of hydrogen-bond donors (Lipinski definition) is 1. The van der Waals surface area contributed by atoms with Crippen LogP contribution in [0.1, 0.15) is 57.0 Å². The van der Waals surface area contributed by atoms with Gasteiger partial charge in [0, 0.05) is 23.3 Å². The SMILES string of the molecule is CC1C[C@H]2[C@@H]3CC(F)C4=CC(=O)C=C(O)[C@]4(C)[C@@]3(F)CC[C@]2(C)C1(OC(=O)c1ccco1)C(=O)SCF. The molecule has 0 radical (unpaired) electrons. The molecule has 10 heteroatoms. The molecule has 3 fully saturated rings. The van der Waals surface area contributed by atoms with E-state index in [1.54, 1.807) is 13.8 Å². The van der Waals surface area contributed by atoms with Gasteiger partial charge in [0.25, 0.3) is 0 Å². The first-order valence-electron chi connectivity index (χ1n) is 12.4. The molecule has 1 heterocycles. The maximum absolute atomic E-state index is 17.3.